The highest BCUT2D eigenvalue weighted by atomic mass is 35.5. The summed E-state index contributed by atoms with van der Waals surface area (Å²) in [5.41, 5.74) is 0.766. The van der Waals surface area contributed by atoms with Gasteiger partial charge < -0.3 is 0 Å². The van der Waals surface area contributed by atoms with E-state index in [9.17, 15) is 18.5 Å². The van der Waals surface area contributed by atoms with E-state index >= 15 is 0 Å². The number of aryl methyl sites for hydroxylation is 1. The molecule has 0 saturated heterocycles. The zero-order valence-electron chi connectivity index (χ0n) is 12.6. The van der Waals surface area contributed by atoms with Crippen LogP contribution < -0.4 is 4.31 Å². The first-order valence-corrected chi connectivity index (χ1v) is 8.62. The Bertz CT molecular complexity index is 835. The van der Waals surface area contributed by atoms with Crippen LogP contribution in [0.1, 0.15) is 12.5 Å². The number of hydrogen-bond donors (Lipinski definition) is 0. The fourth-order valence-electron chi connectivity index (χ4n) is 2.18. The molecule has 0 aromatic heterocycles. The average molecular weight is 355 g/mol. The lowest BCUT2D eigenvalue weighted by Gasteiger charge is -2.24. The summed E-state index contributed by atoms with van der Waals surface area (Å²) in [5, 5.41) is 11.4. The van der Waals surface area contributed by atoms with Gasteiger partial charge in [0.2, 0.25) is 0 Å². The van der Waals surface area contributed by atoms with Crippen LogP contribution in [0.3, 0.4) is 0 Å². The second kappa shape index (κ2) is 6.55. The van der Waals surface area contributed by atoms with Gasteiger partial charge in [-0.3, -0.25) is 14.4 Å². The number of nitro groups is 1. The Balaban J connectivity index is 2.57. The summed E-state index contributed by atoms with van der Waals surface area (Å²) >= 11 is 5.79. The molecule has 2 rings (SSSR count). The highest BCUT2D eigenvalue weighted by molar-refractivity contribution is 7.92. The molecule has 0 aliphatic heterocycles. The lowest BCUT2D eigenvalue weighted by Crippen LogP contribution is -2.31. The van der Waals surface area contributed by atoms with Crippen molar-refractivity contribution >= 4 is 33.0 Å². The topological polar surface area (TPSA) is 80.5 Å². The third kappa shape index (κ3) is 3.46. The van der Waals surface area contributed by atoms with Gasteiger partial charge >= 0.3 is 0 Å². The van der Waals surface area contributed by atoms with E-state index < -0.39 is 14.9 Å². The van der Waals surface area contributed by atoms with Gasteiger partial charge in [0.25, 0.3) is 15.7 Å². The Labute approximate surface area is 139 Å². The van der Waals surface area contributed by atoms with Crippen LogP contribution in [-0.4, -0.2) is 19.9 Å². The molecule has 0 aliphatic rings. The Hall–Kier alpha value is -2.12. The van der Waals surface area contributed by atoms with Gasteiger partial charge in [-0.05, 0) is 43.7 Å². The summed E-state index contributed by atoms with van der Waals surface area (Å²) < 4.78 is 26.8. The number of nitro benzene ring substituents is 1. The molecule has 122 valence electrons. The second-order valence-electron chi connectivity index (χ2n) is 4.85. The molecule has 0 atom stereocenters. The van der Waals surface area contributed by atoms with Crippen LogP contribution in [0.4, 0.5) is 11.4 Å². The lowest BCUT2D eigenvalue weighted by molar-refractivity contribution is -0.384. The zero-order valence-corrected chi connectivity index (χ0v) is 14.1. The van der Waals surface area contributed by atoms with E-state index in [1.165, 1.54) is 42.5 Å². The van der Waals surface area contributed by atoms with Crippen LogP contribution in [0.2, 0.25) is 5.02 Å². The van der Waals surface area contributed by atoms with Crippen molar-refractivity contribution in [1.82, 2.24) is 0 Å². The van der Waals surface area contributed by atoms with Gasteiger partial charge in [-0.1, -0.05) is 17.7 Å². The summed E-state index contributed by atoms with van der Waals surface area (Å²) in [6, 6.07) is 9.95. The monoisotopic (exact) mass is 354 g/mol. The minimum atomic E-state index is -3.83. The molecular formula is C15H15ClN2O4S. The van der Waals surface area contributed by atoms with E-state index in [1.807, 2.05) is 0 Å². The molecule has 0 amide bonds. The molecule has 0 saturated carbocycles. The standard InChI is InChI=1S/C15H15ClN2O4S/c1-3-17(15-10-13(18(19)20)7-4-11(15)2)23(21,22)14-8-5-12(16)6-9-14/h4-10H,3H2,1-2H3. The molecule has 6 nitrogen and oxygen atoms in total. The first-order chi connectivity index (χ1) is 10.8. The molecule has 8 heteroatoms. The van der Waals surface area contributed by atoms with E-state index in [0.717, 1.165) is 4.31 Å². The van der Waals surface area contributed by atoms with Gasteiger partial charge in [0.1, 0.15) is 0 Å². The number of hydrogen-bond acceptors (Lipinski definition) is 4. The van der Waals surface area contributed by atoms with Crippen LogP contribution >= 0.6 is 11.6 Å². The number of non-ortho nitro benzene ring substituents is 1. The SMILES string of the molecule is CCN(c1cc([N+](=O)[O-])ccc1C)S(=O)(=O)c1ccc(Cl)cc1. The van der Waals surface area contributed by atoms with Crippen LogP contribution in [0.25, 0.3) is 0 Å². The molecule has 0 spiro atoms. The highest BCUT2D eigenvalue weighted by Gasteiger charge is 2.26. The minimum absolute atomic E-state index is 0.0784. The maximum Gasteiger partial charge on any atom is 0.271 e. The average Bonchev–Trinajstić information content (AvgIpc) is 2.49. The van der Waals surface area contributed by atoms with Crippen molar-refractivity contribution in [3.63, 3.8) is 0 Å². The third-order valence-corrected chi connectivity index (χ3v) is 5.52. The predicted octanol–water partition coefficient (Wildman–Crippen LogP) is 3.77. The zero-order chi connectivity index (χ0) is 17.2. The fraction of sp³-hybridized carbons (Fsp3) is 0.200. The van der Waals surface area contributed by atoms with Gasteiger partial charge in [0.15, 0.2) is 0 Å². The Kier molecular flexibility index (Phi) is 4.91. The van der Waals surface area contributed by atoms with Crippen molar-refractivity contribution in [3.05, 3.63) is 63.2 Å². The number of anilines is 1. The molecule has 0 bridgehead atoms. The van der Waals surface area contributed by atoms with Crippen molar-refractivity contribution in [2.24, 2.45) is 0 Å². The van der Waals surface area contributed by atoms with Gasteiger partial charge in [-0.2, -0.15) is 0 Å². The van der Waals surface area contributed by atoms with Crippen molar-refractivity contribution < 1.29 is 13.3 Å². The molecular weight excluding hydrogens is 340 g/mol. The van der Waals surface area contributed by atoms with Crippen LogP contribution in [0, 0.1) is 17.0 Å². The molecule has 2 aromatic carbocycles. The molecule has 0 fully saturated rings. The molecule has 0 unspecified atom stereocenters. The Morgan fingerprint density at radius 1 is 1.17 bits per heavy atom. The van der Waals surface area contributed by atoms with E-state index in [-0.39, 0.29) is 22.8 Å². The lowest BCUT2D eigenvalue weighted by atomic mass is 10.2. The van der Waals surface area contributed by atoms with E-state index in [0.29, 0.717) is 10.6 Å². The maximum atomic E-state index is 12.8. The van der Waals surface area contributed by atoms with E-state index in [4.69, 9.17) is 11.6 Å². The number of nitrogens with zero attached hydrogens (tertiary/aromatic N) is 2. The quantitative estimate of drug-likeness (QED) is 0.604. The fourth-order valence-corrected chi connectivity index (χ4v) is 3.84. The third-order valence-electron chi connectivity index (χ3n) is 3.36. The van der Waals surface area contributed by atoms with E-state index in [2.05, 4.69) is 0 Å². The predicted molar refractivity (Wildman–Crippen MR) is 89.5 cm³/mol. The minimum Gasteiger partial charge on any atom is -0.266 e. The molecule has 0 N–H and O–H groups in total. The largest absolute Gasteiger partial charge is 0.271 e. The molecule has 2 aromatic rings. The molecule has 0 aliphatic carbocycles. The Morgan fingerprint density at radius 2 is 1.78 bits per heavy atom. The second-order valence-corrected chi connectivity index (χ2v) is 7.15. The number of benzene rings is 2. The molecule has 0 radical (unpaired) electrons. The summed E-state index contributed by atoms with van der Waals surface area (Å²) in [4.78, 5) is 10.5. The first kappa shape index (κ1) is 17.2. The van der Waals surface area contributed by atoms with Crippen molar-refractivity contribution in [3.8, 4) is 0 Å². The highest BCUT2D eigenvalue weighted by Crippen LogP contribution is 2.30. The van der Waals surface area contributed by atoms with Crippen molar-refractivity contribution in [2.75, 3.05) is 10.8 Å². The summed E-state index contributed by atoms with van der Waals surface area (Å²) in [5.74, 6) is 0. The van der Waals surface area contributed by atoms with E-state index in [1.54, 1.807) is 13.8 Å². The molecule has 0 heterocycles. The summed E-state index contributed by atoms with van der Waals surface area (Å²) in [6.45, 7) is 3.53. The maximum absolute atomic E-state index is 12.8. The van der Waals surface area contributed by atoms with Crippen molar-refractivity contribution in [2.45, 2.75) is 18.7 Å². The number of halogens is 1. The van der Waals surface area contributed by atoms with Gasteiger partial charge in [0, 0.05) is 23.7 Å². The number of sulfonamides is 1. The molecule has 23 heavy (non-hydrogen) atoms. The first-order valence-electron chi connectivity index (χ1n) is 6.80. The smallest absolute Gasteiger partial charge is 0.266 e. The summed E-state index contributed by atoms with van der Waals surface area (Å²) in [7, 11) is -3.83. The van der Waals surface area contributed by atoms with Crippen LogP contribution in [0.15, 0.2) is 47.4 Å². The van der Waals surface area contributed by atoms with Gasteiger partial charge in [0.05, 0.1) is 15.5 Å². The summed E-state index contributed by atoms with van der Waals surface area (Å²) in [6.07, 6.45) is 0. The number of rotatable bonds is 5. The van der Waals surface area contributed by atoms with Gasteiger partial charge in [-0.25, -0.2) is 8.42 Å². The van der Waals surface area contributed by atoms with Crippen LogP contribution in [0.5, 0.6) is 0 Å². The van der Waals surface area contributed by atoms with Crippen molar-refractivity contribution in [1.29, 1.82) is 0 Å². The Morgan fingerprint density at radius 3 is 2.30 bits per heavy atom. The normalized spacial score (nSPS) is 11.3. The van der Waals surface area contributed by atoms with Crippen LogP contribution in [-0.2, 0) is 10.0 Å². The van der Waals surface area contributed by atoms with Gasteiger partial charge in [-0.15, -0.1) is 0 Å².